The second kappa shape index (κ2) is 6.75. The van der Waals surface area contributed by atoms with Gasteiger partial charge in [-0.1, -0.05) is 0 Å². The van der Waals surface area contributed by atoms with Crippen LogP contribution < -0.4 is 9.86 Å². The highest BCUT2D eigenvalue weighted by molar-refractivity contribution is 9.10. The zero-order valence-corrected chi connectivity index (χ0v) is 15.2. The van der Waals surface area contributed by atoms with Gasteiger partial charge in [-0.05, 0) is 34.1 Å². The monoisotopic (exact) mass is 480 g/mol. The average Bonchev–Trinajstić information content (AvgIpc) is 2.51. The predicted octanol–water partition coefficient (Wildman–Crippen LogP) is 2.59. The van der Waals surface area contributed by atoms with Gasteiger partial charge < -0.3 is 0 Å². The third-order valence-electron chi connectivity index (χ3n) is 2.95. The number of anilines is 1. The van der Waals surface area contributed by atoms with Crippen LogP contribution in [0.15, 0.2) is 32.5 Å². The fourth-order valence-electron chi connectivity index (χ4n) is 1.77. The third kappa shape index (κ3) is 3.67. The molecule has 0 aromatic heterocycles. The van der Waals surface area contributed by atoms with E-state index in [0.29, 0.717) is 0 Å². The van der Waals surface area contributed by atoms with E-state index in [1.54, 1.807) is 4.72 Å². The van der Waals surface area contributed by atoms with Crippen LogP contribution in [0, 0.1) is 29.1 Å². The van der Waals surface area contributed by atoms with Crippen molar-refractivity contribution in [3.8, 4) is 0 Å². The summed E-state index contributed by atoms with van der Waals surface area (Å²) in [6, 6.07) is 2.58. The Balaban J connectivity index is 2.58. The minimum Gasteiger partial charge on any atom is -0.278 e. The SMILES string of the molecule is NS(=O)(=O)c1ccc(NS(=O)(=O)c2c(F)c(F)c(F)c(F)c2F)c(Br)c1. The Morgan fingerprint density at radius 1 is 0.846 bits per heavy atom. The fourth-order valence-corrected chi connectivity index (χ4v) is 4.29. The van der Waals surface area contributed by atoms with E-state index in [4.69, 9.17) is 5.14 Å². The summed E-state index contributed by atoms with van der Waals surface area (Å²) in [5, 5.41) is 4.88. The molecule has 0 aliphatic carbocycles. The zero-order chi connectivity index (χ0) is 20.0. The van der Waals surface area contributed by atoms with E-state index >= 15 is 0 Å². The molecular weight excluding hydrogens is 475 g/mol. The molecule has 0 aliphatic heterocycles. The highest BCUT2D eigenvalue weighted by Crippen LogP contribution is 2.31. The molecule has 0 atom stereocenters. The molecule has 2 aromatic rings. The van der Waals surface area contributed by atoms with Crippen LogP contribution >= 0.6 is 15.9 Å². The zero-order valence-electron chi connectivity index (χ0n) is 12.0. The number of hydrogen-bond acceptors (Lipinski definition) is 4. The smallest absolute Gasteiger partial charge is 0.268 e. The maximum atomic E-state index is 13.7. The van der Waals surface area contributed by atoms with Crippen LogP contribution in [-0.4, -0.2) is 16.8 Å². The number of sulfonamides is 2. The molecule has 0 aliphatic rings. The molecule has 2 aromatic carbocycles. The number of hydrogen-bond donors (Lipinski definition) is 2. The van der Waals surface area contributed by atoms with Gasteiger partial charge in [0.2, 0.25) is 15.8 Å². The summed E-state index contributed by atoms with van der Waals surface area (Å²) in [7, 11) is -9.40. The van der Waals surface area contributed by atoms with Crippen LogP contribution in [0.3, 0.4) is 0 Å². The Kier molecular flexibility index (Phi) is 5.34. The summed E-state index contributed by atoms with van der Waals surface area (Å²) >= 11 is 2.80. The van der Waals surface area contributed by atoms with Crippen molar-refractivity contribution < 1.29 is 38.8 Å². The third-order valence-corrected chi connectivity index (χ3v) is 5.90. The molecule has 0 amide bonds. The van der Waals surface area contributed by atoms with Gasteiger partial charge in [-0.15, -0.1) is 0 Å². The van der Waals surface area contributed by atoms with Crippen molar-refractivity contribution in [2.75, 3.05) is 4.72 Å². The van der Waals surface area contributed by atoms with Crippen molar-refractivity contribution in [1.29, 1.82) is 0 Å². The Morgan fingerprint density at radius 2 is 1.31 bits per heavy atom. The van der Waals surface area contributed by atoms with Crippen molar-refractivity contribution in [2.45, 2.75) is 9.79 Å². The standard InChI is InChI=1S/C12H6BrF5N2O4S2/c13-5-3-4(25(19,21)22)1-2-6(5)20-26(23,24)12-10(17)8(15)7(14)9(16)11(12)18/h1-3,20H,(H2,19,21,22). The molecule has 142 valence electrons. The molecule has 6 nitrogen and oxygen atoms in total. The van der Waals surface area contributed by atoms with Crippen molar-refractivity contribution in [3.05, 3.63) is 51.8 Å². The van der Waals surface area contributed by atoms with Gasteiger partial charge in [0, 0.05) is 4.47 Å². The van der Waals surface area contributed by atoms with Crippen molar-refractivity contribution >= 4 is 41.7 Å². The van der Waals surface area contributed by atoms with Crippen molar-refractivity contribution in [2.24, 2.45) is 5.14 Å². The molecule has 0 unspecified atom stereocenters. The lowest BCUT2D eigenvalue weighted by Gasteiger charge is -2.13. The Morgan fingerprint density at radius 3 is 1.73 bits per heavy atom. The van der Waals surface area contributed by atoms with Crippen LogP contribution in [0.25, 0.3) is 0 Å². The molecule has 0 bridgehead atoms. The lowest BCUT2D eigenvalue weighted by molar-refractivity contribution is 0.358. The molecule has 0 heterocycles. The first-order valence-corrected chi connectivity index (χ1v) is 9.96. The van der Waals surface area contributed by atoms with Crippen LogP contribution in [0.4, 0.5) is 27.6 Å². The van der Waals surface area contributed by atoms with Gasteiger partial charge >= 0.3 is 0 Å². The van der Waals surface area contributed by atoms with E-state index < -0.39 is 64.6 Å². The Labute approximate surface area is 152 Å². The summed E-state index contributed by atoms with van der Waals surface area (Å²) in [5.41, 5.74) is -0.443. The van der Waals surface area contributed by atoms with Gasteiger partial charge in [-0.3, -0.25) is 4.72 Å². The lowest BCUT2D eigenvalue weighted by atomic mass is 10.3. The van der Waals surface area contributed by atoms with Gasteiger partial charge in [0.25, 0.3) is 10.0 Å². The van der Waals surface area contributed by atoms with E-state index in [9.17, 15) is 38.8 Å². The maximum Gasteiger partial charge on any atom is 0.268 e. The molecule has 0 fully saturated rings. The molecule has 0 spiro atoms. The van der Waals surface area contributed by atoms with E-state index in [2.05, 4.69) is 15.9 Å². The van der Waals surface area contributed by atoms with Gasteiger partial charge in [-0.2, -0.15) is 0 Å². The summed E-state index contributed by atoms with van der Waals surface area (Å²) in [6.07, 6.45) is 0. The van der Waals surface area contributed by atoms with Gasteiger partial charge in [-0.25, -0.2) is 43.9 Å². The summed E-state index contributed by atoms with van der Waals surface area (Å²) < 4.78 is 115. The first-order chi connectivity index (χ1) is 11.8. The number of nitrogens with one attached hydrogen (secondary N) is 1. The molecule has 3 N–H and O–H groups in total. The maximum absolute atomic E-state index is 13.7. The number of halogens is 6. The van der Waals surface area contributed by atoms with E-state index in [1.807, 2.05) is 0 Å². The summed E-state index contributed by atoms with van der Waals surface area (Å²) in [5.74, 6) is -12.5. The number of nitrogens with two attached hydrogens (primary N) is 1. The molecule has 0 saturated carbocycles. The topological polar surface area (TPSA) is 106 Å². The molecule has 26 heavy (non-hydrogen) atoms. The van der Waals surface area contributed by atoms with E-state index in [1.165, 1.54) is 0 Å². The number of benzene rings is 2. The van der Waals surface area contributed by atoms with Gasteiger partial charge in [0.05, 0.1) is 10.6 Å². The molecule has 2 rings (SSSR count). The number of rotatable bonds is 4. The summed E-state index contributed by atoms with van der Waals surface area (Å²) in [4.78, 5) is -2.51. The lowest BCUT2D eigenvalue weighted by Crippen LogP contribution is -2.20. The quantitative estimate of drug-likeness (QED) is 0.398. The molecule has 0 radical (unpaired) electrons. The first kappa shape index (κ1) is 20.5. The summed E-state index contributed by atoms with van der Waals surface area (Å²) in [6.45, 7) is 0. The highest BCUT2D eigenvalue weighted by atomic mass is 79.9. The van der Waals surface area contributed by atoms with Crippen molar-refractivity contribution in [1.82, 2.24) is 0 Å². The first-order valence-electron chi connectivity index (χ1n) is 6.14. The normalized spacial score (nSPS) is 12.3. The second-order valence-electron chi connectivity index (χ2n) is 4.69. The van der Waals surface area contributed by atoms with Crippen LogP contribution in [-0.2, 0) is 20.0 Å². The van der Waals surface area contributed by atoms with E-state index in [-0.39, 0.29) is 4.47 Å². The average molecular weight is 481 g/mol. The minimum absolute atomic E-state index is 0.225. The van der Waals surface area contributed by atoms with Crippen LogP contribution in [0.5, 0.6) is 0 Å². The van der Waals surface area contributed by atoms with Crippen LogP contribution in [0.1, 0.15) is 0 Å². The number of primary sulfonamides is 1. The predicted molar refractivity (Wildman–Crippen MR) is 82.6 cm³/mol. The fraction of sp³-hybridized carbons (Fsp3) is 0. The molecule has 0 saturated heterocycles. The Hall–Kier alpha value is -1.77. The minimum atomic E-state index is -5.26. The van der Waals surface area contributed by atoms with Gasteiger partial charge in [0.15, 0.2) is 28.2 Å². The van der Waals surface area contributed by atoms with Crippen LogP contribution in [0.2, 0.25) is 0 Å². The Bertz CT molecular complexity index is 1090. The van der Waals surface area contributed by atoms with Crippen molar-refractivity contribution in [3.63, 3.8) is 0 Å². The molecular formula is C12H6BrF5N2O4S2. The largest absolute Gasteiger partial charge is 0.278 e. The molecule has 14 heteroatoms. The highest BCUT2D eigenvalue weighted by Gasteiger charge is 2.34. The van der Waals surface area contributed by atoms with Gasteiger partial charge in [0.1, 0.15) is 0 Å². The van der Waals surface area contributed by atoms with E-state index in [0.717, 1.165) is 18.2 Å². The second-order valence-corrected chi connectivity index (χ2v) is 8.73.